The summed E-state index contributed by atoms with van der Waals surface area (Å²) >= 11 is 0. The highest BCUT2D eigenvalue weighted by molar-refractivity contribution is 14.0. The molecule has 2 heterocycles. The van der Waals surface area contributed by atoms with Crippen molar-refractivity contribution in [3.8, 4) is 0 Å². The van der Waals surface area contributed by atoms with Crippen molar-refractivity contribution in [1.29, 1.82) is 0 Å². The number of hydrogen-bond donors (Lipinski definition) is 3. The van der Waals surface area contributed by atoms with Gasteiger partial charge in [0.25, 0.3) is 0 Å². The molecule has 1 aliphatic heterocycles. The molecule has 27 heavy (non-hydrogen) atoms. The molecule has 0 spiro atoms. The monoisotopic (exact) mass is 493 g/mol. The number of nitrogens with zero attached hydrogens (tertiary/aromatic N) is 2. The number of aliphatic imine (C=N–C) groups is 1. The van der Waals surface area contributed by atoms with Gasteiger partial charge in [-0.2, -0.15) is 0 Å². The Morgan fingerprint density at radius 2 is 2.07 bits per heavy atom. The van der Waals surface area contributed by atoms with E-state index in [2.05, 4.69) is 20.9 Å². The maximum absolute atomic E-state index is 11.9. The number of furan rings is 1. The first kappa shape index (κ1) is 23.1. The zero-order chi connectivity index (χ0) is 18.8. The number of ether oxygens (including phenoxy) is 1. The molecule has 0 aliphatic carbocycles. The van der Waals surface area contributed by atoms with Crippen LogP contribution in [0.1, 0.15) is 25.5 Å². The van der Waals surface area contributed by atoms with Gasteiger partial charge >= 0.3 is 6.09 Å². The second-order valence-corrected chi connectivity index (χ2v) is 5.89. The number of carbonyl (C=O) groups is 2. The number of likely N-dealkylation sites (tertiary alicyclic amines) is 1. The van der Waals surface area contributed by atoms with Crippen LogP contribution in [0.2, 0.25) is 0 Å². The highest BCUT2D eigenvalue weighted by Crippen LogP contribution is 2.11. The highest BCUT2D eigenvalue weighted by Gasteiger charge is 2.24. The highest BCUT2D eigenvalue weighted by atomic mass is 127. The molecule has 152 valence electrons. The van der Waals surface area contributed by atoms with Crippen LogP contribution in [0.3, 0.4) is 0 Å². The van der Waals surface area contributed by atoms with E-state index in [-0.39, 0.29) is 48.6 Å². The summed E-state index contributed by atoms with van der Waals surface area (Å²) in [5.41, 5.74) is 0. The molecule has 1 aromatic heterocycles. The molecule has 9 nitrogen and oxygen atoms in total. The second kappa shape index (κ2) is 12.4. The number of carbonyl (C=O) groups excluding carboxylic acids is 2. The summed E-state index contributed by atoms with van der Waals surface area (Å²) < 4.78 is 10.2. The molecule has 0 saturated carbocycles. The fourth-order valence-electron chi connectivity index (χ4n) is 2.63. The van der Waals surface area contributed by atoms with Crippen LogP contribution in [0.4, 0.5) is 4.79 Å². The summed E-state index contributed by atoms with van der Waals surface area (Å²) in [5, 5.41) is 9.04. The fraction of sp³-hybridized carbons (Fsp3) is 0.588. The minimum atomic E-state index is -0.262. The quantitative estimate of drug-likeness (QED) is 0.313. The van der Waals surface area contributed by atoms with Crippen molar-refractivity contribution in [2.75, 3.05) is 33.3 Å². The number of amides is 2. The van der Waals surface area contributed by atoms with Crippen LogP contribution in [-0.4, -0.2) is 62.2 Å². The Morgan fingerprint density at radius 3 is 2.67 bits per heavy atom. The van der Waals surface area contributed by atoms with E-state index in [1.807, 2.05) is 0 Å². The van der Waals surface area contributed by atoms with Crippen molar-refractivity contribution >= 4 is 41.9 Å². The maximum Gasteiger partial charge on any atom is 0.409 e. The van der Waals surface area contributed by atoms with Crippen molar-refractivity contribution in [3.05, 3.63) is 24.2 Å². The molecule has 1 aromatic rings. The van der Waals surface area contributed by atoms with Gasteiger partial charge in [-0.3, -0.25) is 9.79 Å². The Bertz CT molecular complexity index is 600. The van der Waals surface area contributed by atoms with Crippen molar-refractivity contribution < 1.29 is 18.7 Å². The number of rotatable bonds is 6. The zero-order valence-corrected chi connectivity index (χ0v) is 18.0. The van der Waals surface area contributed by atoms with Crippen molar-refractivity contribution in [2.24, 2.45) is 4.99 Å². The first-order chi connectivity index (χ1) is 12.6. The van der Waals surface area contributed by atoms with Crippen LogP contribution in [0.5, 0.6) is 0 Å². The van der Waals surface area contributed by atoms with Crippen LogP contribution in [-0.2, 0) is 16.1 Å². The predicted octanol–water partition coefficient (Wildman–Crippen LogP) is 1.30. The summed E-state index contributed by atoms with van der Waals surface area (Å²) in [6.07, 6.45) is 2.90. The van der Waals surface area contributed by atoms with Gasteiger partial charge < -0.3 is 30.0 Å². The molecule has 2 amide bonds. The minimum absolute atomic E-state index is 0. The van der Waals surface area contributed by atoms with Crippen LogP contribution in [0.25, 0.3) is 0 Å². The molecule has 0 radical (unpaired) electrons. The fourth-order valence-corrected chi connectivity index (χ4v) is 2.63. The second-order valence-electron chi connectivity index (χ2n) is 5.89. The molecule has 0 atom stereocenters. The maximum atomic E-state index is 11.9. The predicted molar refractivity (Wildman–Crippen MR) is 112 cm³/mol. The summed E-state index contributed by atoms with van der Waals surface area (Å²) in [6, 6.07) is 3.77. The lowest BCUT2D eigenvalue weighted by Crippen LogP contribution is -2.51. The van der Waals surface area contributed by atoms with Crippen LogP contribution < -0.4 is 16.0 Å². The van der Waals surface area contributed by atoms with Gasteiger partial charge in [0.15, 0.2) is 5.96 Å². The Morgan fingerprint density at radius 1 is 1.33 bits per heavy atom. The lowest BCUT2D eigenvalue weighted by molar-refractivity contribution is -0.120. The number of piperidine rings is 1. The van der Waals surface area contributed by atoms with Crippen molar-refractivity contribution in [1.82, 2.24) is 20.9 Å². The Balaban J connectivity index is 0.00000364. The average Bonchev–Trinajstić information content (AvgIpc) is 3.17. The van der Waals surface area contributed by atoms with E-state index in [0.29, 0.717) is 38.0 Å². The topological polar surface area (TPSA) is 108 Å². The molecular weight excluding hydrogens is 465 g/mol. The third-order valence-electron chi connectivity index (χ3n) is 4.04. The van der Waals surface area contributed by atoms with Crippen molar-refractivity contribution in [3.63, 3.8) is 0 Å². The summed E-state index contributed by atoms with van der Waals surface area (Å²) in [5.74, 6) is 1.11. The van der Waals surface area contributed by atoms with Crippen LogP contribution in [0.15, 0.2) is 27.8 Å². The molecule has 1 fully saturated rings. The largest absolute Gasteiger partial charge is 0.467 e. The van der Waals surface area contributed by atoms with E-state index in [1.165, 1.54) is 0 Å². The van der Waals surface area contributed by atoms with E-state index in [9.17, 15) is 9.59 Å². The van der Waals surface area contributed by atoms with E-state index in [4.69, 9.17) is 9.15 Å². The molecule has 3 N–H and O–H groups in total. The summed E-state index contributed by atoms with van der Waals surface area (Å²) in [7, 11) is 1.66. The van der Waals surface area contributed by atoms with Crippen LogP contribution >= 0.6 is 24.0 Å². The number of hydrogen-bond acceptors (Lipinski definition) is 5. The first-order valence-electron chi connectivity index (χ1n) is 8.80. The zero-order valence-electron chi connectivity index (χ0n) is 15.7. The van der Waals surface area contributed by atoms with Gasteiger partial charge in [-0.25, -0.2) is 4.79 Å². The lowest BCUT2D eigenvalue weighted by Gasteiger charge is -2.32. The third kappa shape index (κ3) is 8.06. The van der Waals surface area contributed by atoms with Gasteiger partial charge in [0, 0.05) is 26.2 Å². The average molecular weight is 493 g/mol. The Kier molecular flexibility index (Phi) is 10.6. The Labute approximate surface area is 176 Å². The van der Waals surface area contributed by atoms with Crippen molar-refractivity contribution in [2.45, 2.75) is 32.4 Å². The lowest BCUT2D eigenvalue weighted by atomic mass is 10.1. The molecule has 1 aliphatic rings. The smallest absolute Gasteiger partial charge is 0.409 e. The standard InChI is InChI=1S/C17H27N5O4.HI/c1-3-25-17(24)22-8-6-13(7-9-22)21-16(18-2)20-12-15(23)19-11-14-5-4-10-26-14;/h4-5,10,13H,3,6-9,11-12H2,1-2H3,(H,19,23)(H2,18,20,21);1H. The molecule has 10 heteroatoms. The third-order valence-corrected chi connectivity index (χ3v) is 4.04. The van der Waals surface area contributed by atoms with Gasteiger partial charge in [-0.1, -0.05) is 0 Å². The molecule has 1 saturated heterocycles. The van der Waals surface area contributed by atoms with E-state index >= 15 is 0 Å². The van der Waals surface area contributed by atoms with Gasteiger partial charge in [0.05, 0.1) is 26.0 Å². The van der Waals surface area contributed by atoms with Gasteiger partial charge in [0.2, 0.25) is 5.91 Å². The SMILES string of the molecule is CCOC(=O)N1CCC(NC(=NC)NCC(=O)NCc2ccco2)CC1.I. The first-order valence-corrected chi connectivity index (χ1v) is 8.80. The minimum Gasteiger partial charge on any atom is -0.467 e. The molecule has 0 unspecified atom stereocenters. The van der Waals surface area contributed by atoms with E-state index in [0.717, 1.165) is 12.8 Å². The molecular formula is C17H28IN5O4. The number of halogens is 1. The molecule has 0 bridgehead atoms. The number of nitrogens with one attached hydrogen (secondary N) is 3. The summed E-state index contributed by atoms with van der Waals surface area (Å²) in [6.45, 7) is 3.92. The van der Waals surface area contributed by atoms with Gasteiger partial charge in [-0.15, -0.1) is 24.0 Å². The Hall–Kier alpha value is -1.98. The van der Waals surface area contributed by atoms with E-state index < -0.39 is 0 Å². The van der Waals surface area contributed by atoms with Crippen LogP contribution in [0, 0.1) is 0 Å². The van der Waals surface area contributed by atoms with Gasteiger partial charge in [0.1, 0.15) is 5.76 Å². The number of guanidine groups is 1. The summed E-state index contributed by atoms with van der Waals surface area (Å²) in [4.78, 5) is 29.4. The molecule has 0 aromatic carbocycles. The molecule has 2 rings (SSSR count). The van der Waals surface area contributed by atoms with Gasteiger partial charge in [-0.05, 0) is 31.9 Å². The van der Waals surface area contributed by atoms with E-state index in [1.54, 1.807) is 37.3 Å². The normalized spacial score (nSPS) is 14.9.